The van der Waals surface area contributed by atoms with Crippen LogP contribution in [0.1, 0.15) is 19.3 Å². The van der Waals surface area contributed by atoms with Crippen LogP contribution in [0.3, 0.4) is 0 Å². The Balaban J connectivity index is 3.17. The number of carbonyl (C=O) groups excluding carboxylic acids is 1. The van der Waals surface area contributed by atoms with Crippen LogP contribution in [-0.4, -0.2) is 37.6 Å². The predicted molar refractivity (Wildman–Crippen MR) is 63.6 cm³/mol. The lowest BCUT2D eigenvalue weighted by molar-refractivity contribution is -0.807. The maximum atomic E-state index is 11.6. The quantitative estimate of drug-likeness (QED) is 0.309. The van der Waals surface area contributed by atoms with Crippen LogP contribution in [0.5, 0.6) is 0 Å². The molecule has 10 nitrogen and oxygen atoms in total. The third-order valence-corrected chi connectivity index (χ3v) is 3.81. The summed E-state index contributed by atoms with van der Waals surface area (Å²) in [5.74, 6) is -1.56. The van der Waals surface area contributed by atoms with Crippen molar-refractivity contribution in [3.8, 4) is 0 Å². The first-order valence-electron chi connectivity index (χ1n) is 5.25. The number of nitrogens with zero attached hydrogens (tertiary/aromatic N) is 3. The molecular formula is C8H10BrN3O7. The molecule has 2 unspecified atom stereocenters. The number of ketones is 1. The minimum Gasteiger partial charge on any atom is -0.298 e. The molecule has 0 bridgehead atoms. The van der Waals surface area contributed by atoms with Crippen LogP contribution in [0.15, 0.2) is 0 Å². The van der Waals surface area contributed by atoms with Crippen molar-refractivity contribution >= 4 is 21.7 Å². The lowest BCUT2D eigenvalue weighted by Crippen LogP contribution is -2.55. The molecule has 0 radical (unpaired) electrons. The Kier molecular flexibility index (Phi) is 4.50. The maximum absolute atomic E-state index is 11.6. The fourth-order valence-electron chi connectivity index (χ4n) is 2.23. The summed E-state index contributed by atoms with van der Waals surface area (Å²) in [6.45, 7) is 0. The molecule has 0 aromatic carbocycles. The van der Waals surface area contributed by atoms with E-state index in [1.165, 1.54) is 0 Å². The highest BCUT2D eigenvalue weighted by atomic mass is 79.9. The molecule has 0 saturated heterocycles. The highest BCUT2D eigenvalue weighted by Crippen LogP contribution is 2.37. The first-order valence-corrected chi connectivity index (χ1v) is 6.38. The van der Waals surface area contributed by atoms with E-state index in [9.17, 15) is 35.1 Å². The van der Waals surface area contributed by atoms with Gasteiger partial charge in [-0.3, -0.25) is 35.1 Å². The molecule has 0 amide bonds. The van der Waals surface area contributed by atoms with Gasteiger partial charge in [-0.1, -0.05) is 15.9 Å². The SMILES string of the molecule is O=C(CBr)C1CC([N+](=O)[O-])CC([N+](=O)[O-])([N+](=O)[O-])C1. The van der Waals surface area contributed by atoms with E-state index in [0.717, 1.165) is 0 Å². The van der Waals surface area contributed by atoms with Gasteiger partial charge in [0, 0.05) is 17.3 Å². The number of carbonyl (C=O) groups is 1. The fraction of sp³-hybridized carbons (Fsp3) is 0.875. The van der Waals surface area contributed by atoms with Crippen molar-refractivity contribution < 1.29 is 19.6 Å². The summed E-state index contributed by atoms with van der Waals surface area (Å²) in [4.78, 5) is 41.2. The summed E-state index contributed by atoms with van der Waals surface area (Å²) in [5, 5.41) is 32.6. The van der Waals surface area contributed by atoms with Gasteiger partial charge in [-0.05, 0) is 0 Å². The number of hydrogen-bond donors (Lipinski definition) is 0. The number of rotatable bonds is 5. The largest absolute Gasteiger partial charge is 0.465 e. The van der Waals surface area contributed by atoms with Crippen molar-refractivity contribution in [3.63, 3.8) is 0 Å². The second-order valence-corrected chi connectivity index (χ2v) is 4.94. The van der Waals surface area contributed by atoms with Crippen LogP contribution >= 0.6 is 15.9 Å². The summed E-state index contributed by atoms with van der Waals surface area (Å²) < 4.78 is 0. The van der Waals surface area contributed by atoms with E-state index in [1.54, 1.807) is 0 Å². The van der Waals surface area contributed by atoms with Crippen molar-refractivity contribution in [1.29, 1.82) is 0 Å². The molecule has 0 N–H and O–H groups in total. The van der Waals surface area contributed by atoms with Crippen LogP contribution < -0.4 is 0 Å². The van der Waals surface area contributed by atoms with Gasteiger partial charge in [0.25, 0.3) is 0 Å². The lowest BCUT2D eigenvalue weighted by atomic mass is 9.77. The number of Topliss-reactive ketones (excluding diaryl/α,β-unsaturated/α-hetero) is 1. The Morgan fingerprint density at radius 1 is 1.16 bits per heavy atom. The number of alkyl halides is 1. The average molecular weight is 340 g/mol. The van der Waals surface area contributed by atoms with Gasteiger partial charge < -0.3 is 0 Å². The molecule has 1 fully saturated rings. The Bertz CT molecular complexity index is 426. The zero-order valence-electron chi connectivity index (χ0n) is 9.56. The zero-order valence-corrected chi connectivity index (χ0v) is 11.1. The molecule has 1 saturated carbocycles. The van der Waals surface area contributed by atoms with E-state index >= 15 is 0 Å². The van der Waals surface area contributed by atoms with E-state index in [2.05, 4.69) is 15.9 Å². The third kappa shape index (κ3) is 2.85. The van der Waals surface area contributed by atoms with Gasteiger partial charge in [-0.15, -0.1) is 0 Å². The number of halogens is 1. The van der Waals surface area contributed by atoms with Crippen molar-refractivity contribution in [3.05, 3.63) is 30.3 Å². The smallest absolute Gasteiger partial charge is 0.298 e. The second kappa shape index (κ2) is 5.55. The molecule has 0 aliphatic heterocycles. The minimum atomic E-state index is -2.65. The predicted octanol–water partition coefficient (Wildman–Crippen LogP) is 0.645. The van der Waals surface area contributed by atoms with E-state index in [0.29, 0.717) is 0 Å². The van der Waals surface area contributed by atoms with Gasteiger partial charge in [-0.2, -0.15) is 0 Å². The van der Waals surface area contributed by atoms with E-state index in [1.807, 2.05) is 0 Å². The highest BCUT2D eigenvalue weighted by Gasteiger charge is 2.64. The van der Waals surface area contributed by atoms with Gasteiger partial charge >= 0.3 is 5.66 Å². The summed E-state index contributed by atoms with van der Waals surface area (Å²) in [5.41, 5.74) is -2.65. The van der Waals surface area contributed by atoms with Gasteiger partial charge in [-0.25, -0.2) is 0 Å². The van der Waals surface area contributed by atoms with Crippen LogP contribution in [0, 0.1) is 36.3 Å². The average Bonchev–Trinajstić information content (AvgIpc) is 2.36. The summed E-state index contributed by atoms with van der Waals surface area (Å²) in [6.07, 6.45) is -1.62. The van der Waals surface area contributed by atoms with Gasteiger partial charge in [0.2, 0.25) is 6.04 Å². The van der Waals surface area contributed by atoms with Crippen LogP contribution in [0.25, 0.3) is 0 Å². The summed E-state index contributed by atoms with van der Waals surface area (Å²) in [6, 6.07) is -1.46. The van der Waals surface area contributed by atoms with Gasteiger partial charge in [0.05, 0.1) is 21.6 Å². The molecule has 106 valence electrons. The van der Waals surface area contributed by atoms with Gasteiger partial charge in [0.15, 0.2) is 6.42 Å². The Hall–Kier alpha value is -1.65. The molecule has 1 rings (SSSR count). The lowest BCUT2D eigenvalue weighted by Gasteiger charge is -2.28. The third-order valence-electron chi connectivity index (χ3n) is 3.26. The van der Waals surface area contributed by atoms with Crippen molar-refractivity contribution in [2.45, 2.75) is 31.0 Å². The molecule has 1 aliphatic rings. The molecule has 2 atom stereocenters. The molecule has 0 aromatic rings. The normalized spacial score (nSPS) is 25.5. The first kappa shape index (κ1) is 15.4. The maximum Gasteiger partial charge on any atom is 0.465 e. The Labute approximate surface area is 114 Å². The molecule has 0 spiro atoms. The topological polar surface area (TPSA) is 146 Å². The summed E-state index contributed by atoms with van der Waals surface area (Å²) in [7, 11) is 0. The second-order valence-electron chi connectivity index (χ2n) is 4.38. The molecule has 11 heteroatoms. The number of hydrogen-bond acceptors (Lipinski definition) is 7. The van der Waals surface area contributed by atoms with Crippen LogP contribution in [-0.2, 0) is 4.79 Å². The van der Waals surface area contributed by atoms with Crippen LogP contribution in [0.4, 0.5) is 0 Å². The van der Waals surface area contributed by atoms with Crippen LogP contribution in [0.2, 0.25) is 0 Å². The Morgan fingerprint density at radius 2 is 1.68 bits per heavy atom. The Morgan fingerprint density at radius 3 is 2.05 bits per heavy atom. The zero-order chi connectivity index (χ0) is 14.8. The highest BCUT2D eigenvalue weighted by molar-refractivity contribution is 9.09. The summed E-state index contributed by atoms with van der Waals surface area (Å²) >= 11 is 2.86. The molecule has 0 heterocycles. The molecule has 1 aliphatic carbocycles. The fourth-order valence-corrected chi connectivity index (χ4v) is 2.69. The van der Waals surface area contributed by atoms with Gasteiger partial charge in [0.1, 0.15) is 5.78 Å². The monoisotopic (exact) mass is 339 g/mol. The molecular weight excluding hydrogens is 330 g/mol. The molecule has 19 heavy (non-hydrogen) atoms. The molecule has 0 aromatic heterocycles. The minimum absolute atomic E-state index is 0.145. The number of nitro groups is 3. The first-order chi connectivity index (χ1) is 8.74. The standard InChI is InChI=1S/C8H10BrN3O7/c9-4-7(13)5-1-6(10(14)15)3-8(2-5,11(16)17)12(18)19/h5-6H,1-4H2. The van der Waals surface area contributed by atoms with Crippen molar-refractivity contribution in [1.82, 2.24) is 0 Å². The van der Waals surface area contributed by atoms with E-state index < -0.39 is 51.0 Å². The van der Waals surface area contributed by atoms with Crippen molar-refractivity contribution in [2.75, 3.05) is 5.33 Å². The van der Waals surface area contributed by atoms with Crippen molar-refractivity contribution in [2.24, 2.45) is 5.92 Å². The van der Waals surface area contributed by atoms with E-state index in [4.69, 9.17) is 0 Å². The van der Waals surface area contributed by atoms with E-state index in [-0.39, 0.29) is 11.8 Å².